The van der Waals surface area contributed by atoms with Gasteiger partial charge in [-0.2, -0.15) is 11.3 Å². The quantitative estimate of drug-likeness (QED) is 0.839. The Bertz CT molecular complexity index is 342. The number of thiophene rings is 1. The fraction of sp³-hybridized carbons (Fsp3) is 0.545. The highest BCUT2D eigenvalue weighted by Gasteiger charge is 2.26. The molecule has 1 amide bonds. The summed E-state index contributed by atoms with van der Waals surface area (Å²) in [5, 5.41) is 3.84. The number of carbonyl (C=O) groups excluding carboxylic acids is 1. The topological polar surface area (TPSA) is 46.3 Å². The maximum Gasteiger partial charge on any atom is 0.254 e. The largest absolute Gasteiger partial charge is 0.338 e. The van der Waals surface area contributed by atoms with Crippen LogP contribution >= 0.6 is 23.7 Å². The fourth-order valence-electron chi connectivity index (χ4n) is 1.92. The van der Waals surface area contributed by atoms with Crippen molar-refractivity contribution in [1.82, 2.24) is 4.90 Å². The van der Waals surface area contributed by atoms with E-state index in [2.05, 4.69) is 6.92 Å². The van der Waals surface area contributed by atoms with Gasteiger partial charge in [0.15, 0.2) is 0 Å². The highest BCUT2D eigenvalue weighted by atomic mass is 35.5. The Morgan fingerprint density at radius 2 is 2.38 bits per heavy atom. The summed E-state index contributed by atoms with van der Waals surface area (Å²) in [6.07, 6.45) is 0.914. The monoisotopic (exact) mass is 260 g/mol. The molecule has 90 valence electrons. The van der Waals surface area contributed by atoms with Crippen molar-refractivity contribution in [2.24, 2.45) is 11.7 Å². The maximum absolute atomic E-state index is 12.0. The lowest BCUT2D eigenvalue weighted by Gasteiger charge is -2.34. The van der Waals surface area contributed by atoms with Gasteiger partial charge in [0, 0.05) is 24.5 Å². The number of likely N-dealkylation sites (tertiary alicyclic amines) is 1. The Balaban J connectivity index is 0.00000128. The Labute approximate surface area is 106 Å². The zero-order chi connectivity index (χ0) is 10.8. The normalized spacial score (nSPS) is 25.0. The van der Waals surface area contributed by atoms with Crippen LogP contribution in [-0.2, 0) is 0 Å². The fourth-order valence-corrected chi connectivity index (χ4v) is 2.55. The summed E-state index contributed by atoms with van der Waals surface area (Å²) in [5.74, 6) is 0.552. The molecule has 0 aromatic carbocycles. The number of amides is 1. The number of hydrogen-bond acceptors (Lipinski definition) is 3. The van der Waals surface area contributed by atoms with Crippen LogP contribution in [-0.4, -0.2) is 29.9 Å². The Morgan fingerprint density at radius 1 is 1.62 bits per heavy atom. The van der Waals surface area contributed by atoms with Gasteiger partial charge in [-0.25, -0.2) is 0 Å². The van der Waals surface area contributed by atoms with Gasteiger partial charge in [0.1, 0.15) is 0 Å². The van der Waals surface area contributed by atoms with Gasteiger partial charge < -0.3 is 10.6 Å². The summed E-state index contributed by atoms with van der Waals surface area (Å²) in [4.78, 5) is 13.9. The van der Waals surface area contributed by atoms with E-state index in [1.807, 2.05) is 21.7 Å². The number of halogens is 1. The standard InChI is InChI=1S/C11H16N2OS.ClH/c1-8-6-13(4-2-10(8)12)11(14)9-3-5-15-7-9;/h3,5,7-8,10H,2,4,6,12H2,1H3;1H. The molecule has 1 aliphatic heterocycles. The Morgan fingerprint density at radius 3 is 2.94 bits per heavy atom. The zero-order valence-electron chi connectivity index (χ0n) is 9.26. The molecule has 0 spiro atoms. The second kappa shape index (κ2) is 5.66. The van der Waals surface area contributed by atoms with Crippen molar-refractivity contribution in [3.8, 4) is 0 Å². The average molecular weight is 261 g/mol. The average Bonchev–Trinajstić information content (AvgIpc) is 2.74. The van der Waals surface area contributed by atoms with Crippen LogP contribution < -0.4 is 5.73 Å². The van der Waals surface area contributed by atoms with Gasteiger partial charge in [0.2, 0.25) is 0 Å². The number of rotatable bonds is 1. The van der Waals surface area contributed by atoms with Crippen LogP contribution in [0.25, 0.3) is 0 Å². The van der Waals surface area contributed by atoms with Gasteiger partial charge in [-0.1, -0.05) is 6.92 Å². The van der Waals surface area contributed by atoms with E-state index in [9.17, 15) is 4.79 Å². The van der Waals surface area contributed by atoms with E-state index in [4.69, 9.17) is 5.73 Å². The molecule has 2 rings (SSSR count). The molecular weight excluding hydrogens is 244 g/mol. The molecule has 0 radical (unpaired) electrons. The summed E-state index contributed by atoms with van der Waals surface area (Å²) in [5.41, 5.74) is 6.73. The Hall–Kier alpha value is -0.580. The second-order valence-corrected chi connectivity index (χ2v) is 4.97. The summed E-state index contributed by atoms with van der Waals surface area (Å²) in [6, 6.07) is 2.13. The van der Waals surface area contributed by atoms with Gasteiger partial charge in [-0.15, -0.1) is 12.4 Å². The third-order valence-corrected chi connectivity index (χ3v) is 3.71. The van der Waals surface area contributed by atoms with Crippen molar-refractivity contribution >= 4 is 29.7 Å². The molecule has 2 atom stereocenters. The summed E-state index contributed by atoms with van der Waals surface area (Å²) in [7, 11) is 0. The van der Waals surface area contributed by atoms with Crippen LogP contribution in [0.5, 0.6) is 0 Å². The minimum Gasteiger partial charge on any atom is -0.338 e. The van der Waals surface area contributed by atoms with Crippen LogP contribution in [0, 0.1) is 5.92 Å². The van der Waals surface area contributed by atoms with Gasteiger partial charge in [-0.05, 0) is 23.8 Å². The molecular formula is C11H17ClN2OS. The van der Waals surface area contributed by atoms with Gasteiger partial charge in [0.25, 0.3) is 5.91 Å². The number of nitrogens with zero attached hydrogens (tertiary/aromatic N) is 1. The van der Waals surface area contributed by atoms with E-state index in [1.165, 1.54) is 0 Å². The number of hydrogen-bond donors (Lipinski definition) is 1. The first-order valence-electron chi connectivity index (χ1n) is 5.25. The first-order chi connectivity index (χ1) is 7.18. The molecule has 3 nitrogen and oxygen atoms in total. The Kier molecular flexibility index (Phi) is 4.77. The van der Waals surface area contributed by atoms with E-state index in [0.717, 1.165) is 25.1 Å². The van der Waals surface area contributed by atoms with Crippen molar-refractivity contribution in [3.63, 3.8) is 0 Å². The van der Waals surface area contributed by atoms with Gasteiger partial charge in [-0.3, -0.25) is 4.79 Å². The van der Waals surface area contributed by atoms with E-state index in [-0.39, 0.29) is 24.4 Å². The van der Waals surface area contributed by atoms with Crippen molar-refractivity contribution in [2.75, 3.05) is 13.1 Å². The van der Waals surface area contributed by atoms with Crippen LogP contribution in [0.3, 0.4) is 0 Å². The zero-order valence-corrected chi connectivity index (χ0v) is 10.9. The molecule has 1 aromatic heterocycles. The second-order valence-electron chi connectivity index (χ2n) is 4.19. The number of piperidine rings is 1. The molecule has 2 heterocycles. The minimum atomic E-state index is 0. The summed E-state index contributed by atoms with van der Waals surface area (Å²) in [6.45, 7) is 3.69. The predicted molar refractivity (Wildman–Crippen MR) is 69.2 cm³/mol. The van der Waals surface area contributed by atoms with Crippen molar-refractivity contribution in [2.45, 2.75) is 19.4 Å². The van der Waals surface area contributed by atoms with Crippen molar-refractivity contribution in [1.29, 1.82) is 0 Å². The smallest absolute Gasteiger partial charge is 0.254 e. The molecule has 2 unspecified atom stereocenters. The number of carbonyl (C=O) groups is 1. The van der Waals surface area contributed by atoms with Crippen molar-refractivity contribution < 1.29 is 4.79 Å². The SMILES string of the molecule is CC1CN(C(=O)c2ccsc2)CCC1N.Cl. The minimum absolute atomic E-state index is 0. The molecule has 1 saturated heterocycles. The summed E-state index contributed by atoms with van der Waals surface area (Å²) >= 11 is 1.56. The third kappa shape index (κ3) is 2.75. The first-order valence-corrected chi connectivity index (χ1v) is 6.20. The molecule has 1 fully saturated rings. The predicted octanol–water partition coefficient (Wildman–Crippen LogP) is 1.98. The van der Waals surface area contributed by atoms with E-state index >= 15 is 0 Å². The highest BCUT2D eigenvalue weighted by molar-refractivity contribution is 7.08. The van der Waals surface area contributed by atoms with Crippen molar-refractivity contribution in [3.05, 3.63) is 22.4 Å². The molecule has 16 heavy (non-hydrogen) atoms. The van der Waals surface area contributed by atoms with E-state index < -0.39 is 0 Å². The molecule has 5 heteroatoms. The third-order valence-electron chi connectivity index (χ3n) is 3.03. The van der Waals surface area contributed by atoms with E-state index in [0.29, 0.717) is 5.92 Å². The maximum atomic E-state index is 12.0. The molecule has 0 bridgehead atoms. The van der Waals surface area contributed by atoms with Gasteiger partial charge >= 0.3 is 0 Å². The lowest BCUT2D eigenvalue weighted by atomic mass is 9.94. The number of nitrogens with two attached hydrogens (primary N) is 1. The molecule has 2 N–H and O–H groups in total. The van der Waals surface area contributed by atoms with E-state index in [1.54, 1.807) is 11.3 Å². The molecule has 0 saturated carbocycles. The van der Waals surface area contributed by atoms with Crippen LogP contribution in [0.4, 0.5) is 0 Å². The lowest BCUT2D eigenvalue weighted by Crippen LogP contribution is -2.48. The van der Waals surface area contributed by atoms with Crippen LogP contribution in [0.15, 0.2) is 16.8 Å². The molecule has 1 aliphatic rings. The lowest BCUT2D eigenvalue weighted by molar-refractivity contribution is 0.0665. The van der Waals surface area contributed by atoms with Crippen LogP contribution in [0.2, 0.25) is 0 Å². The van der Waals surface area contributed by atoms with Crippen LogP contribution in [0.1, 0.15) is 23.7 Å². The van der Waals surface area contributed by atoms with Gasteiger partial charge in [0.05, 0.1) is 5.56 Å². The molecule has 1 aromatic rings. The first kappa shape index (κ1) is 13.5. The molecule has 0 aliphatic carbocycles. The highest BCUT2D eigenvalue weighted by Crippen LogP contribution is 2.18. The summed E-state index contributed by atoms with van der Waals surface area (Å²) < 4.78 is 0.